The SMILES string of the molecule is CC(C)c1cc(Cn2ccc3c(NC(=O)CC(=O)O)cc(Br)cc32)ccc1O. The van der Waals surface area contributed by atoms with Crippen LogP contribution in [-0.2, 0) is 16.1 Å². The maximum Gasteiger partial charge on any atom is 0.312 e. The number of hydrogen-bond donors (Lipinski definition) is 3. The number of aromatic nitrogens is 1. The number of aliphatic carboxylic acids is 1. The average Bonchev–Trinajstić information content (AvgIpc) is 2.98. The molecule has 28 heavy (non-hydrogen) atoms. The van der Waals surface area contributed by atoms with E-state index in [0.717, 1.165) is 26.5 Å². The van der Waals surface area contributed by atoms with Crippen LogP contribution in [0.15, 0.2) is 47.1 Å². The van der Waals surface area contributed by atoms with Gasteiger partial charge in [-0.3, -0.25) is 9.59 Å². The molecule has 2 aromatic carbocycles. The number of carbonyl (C=O) groups excluding carboxylic acids is 1. The summed E-state index contributed by atoms with van der Waals surface area (Å²) in [7, 11) is 0. The summed E-state index contributed by atoms with van der Waals surface area (Å²) in [6.07, 6.45) is 1.34. The summed E-state index contributed by atoms with van der Waals surface area (Å²) < 4.78 is 2.82. The van der Waals surface area contributed by atoms with Gasteiger partial charge in [0.15, 0.2) is 0 Å². The van der Waals surface area contributed by atoms with E-state index in [1.165, 1.54) is 0 Å². The second kappa shape index (κ2) is 8.06. The van der Waals surface area contributed by atoms with Gasteiger partial charge in [-0.2, -0.15) is 0 Å². The van der Waals surface area contributed by atoms with Crippen molar-refractivity contribution in [3.8, 4) is 5.75 Å². The lowest BCUT2D eigenvalue weighted by atomic mass is 9.99. The highest BCUT2D eigenvalue weighted by Crippen LogP contribution is 2.31. The van der Waals surface area contributed by atoms with Crippen molar-refractivity contribution in [2.24, 2.45) is 0 Å². The summed E-state index contributed by atoms with van der Waals surface area (Å²) in [6, 6.07) is 11.2. The molecular weight excluding hydrogens is 424 g/mol. The lowest BCUT2D eigenvalue weighted by Crippen LogP contribution is -2.16. The van der Waals surface area contributed by atoms with E-state index >= 15 is 0 Å². The van der Waals surface area contributed by atoms with Crippen LogP contribution >= 0.6 is 15.9 Å². The summed E-state index contributed by atoms with van der Waals surface area (Å²) in [5, 5.41) is 22.3. The molecule has 0 saturated heterocycles. The number of carboxylic acid groups (broad SMARTS) is 1. The van der Waals surface area contributed by atoms with Crippen LogP contribution in [0.3, 0.4) is 0 Å². The van der Waals surface area contributed by atoms with Gasteiger partial charge in [-0.1, -0.05) is 41.9 Å². The van der Waals surface area contributed by atoms with Crippen LogP contribution in [0.25, 0.3) is 10.9 Å². The number of rotatable bonds is 6. The van der Waals surface area contributed by atoms with E-state index < -0.39 is 18.3 Å². The minimum atomic E-state index is -1.17. The van der Waals surface area contributed by atoms with E-state index in [9.17, 15) is 14.7 Å². The number of amides is 1. The van der Waals surface area contributed by atoms with Crippen molar-refractivity contribution in [3.63, 3.8) is 0 Å². The third-order valence-electron chi connectivity index (χ3n) is 4.51. The minimum Gasteiger partial charge on any atom is -0.508 e. The van der Waals surface area contributed by atoms with Crippen LogP contribution in [0.5, 0.6) is 5.75 Å². The van der Waals surface area contributed by atoms with Crippen LogP contribution in [0.2, 0.25) is 0 Å². The van der Waals surface area contributed by atoms with Crippen LogP contribution < -0.4 is 5.32 Å². The molecule has 1 aromatic heterocycles. The van der Waals surface area contributed by atoms with Crippen LogP contribution in [-0.4, -0.2) is 26.7 Å². The lowest BCUT2D eigenvalue weighted by molar-refractivity contribution is -0.139. The first-order valence-corrected chi connectivity index (χ1v) is 9.65. The number of nitrogens with one attached hydrogen (secondary N) is 1. The Morgan fingerprint density at radius 2 is 1.93 bits per heavy atom. The molecule has 0 aliphatic rings. The second-order valence-electron chi connectivity index (χ2n) is 7.00. The Kier molecular flexibility index (Phi) is 5.74. The van der Waals surface area contributed by atoms with Gasteiger partial charge in [-0.05, 0) is 41.3 Å². The molecule has 0 unspecified atom stereocenters. The van der Waals surface area contributed by atoms with Gasteiger partial charge >= 0.3 is 5.97 Å². The molecule has 1 amide bonds. The number of carboxylic acids is 1. The quantitative estimate of drug-likeness (QED) is 0.480. The van der Waals surface area contributed by atoms with E-state index in [4.69, 9.17) is 5.11 Å². The first kappa shape index (κ1) is 19.9. The van der Waals surface area contributed by atoms with Crippen molar-refractivity contribution in [3.05, 3.63) is 58.2 Å². The third-order valence-corrected chi connectivity index (χ3v) is 4.96. The van der Waals surface area contributed by atoms with Gasteiger partial charge in [0.25, 0.3) is 0 Å². The van der Waals surface area contributed by atoms with E-state index in [-0.39, 0.29) is 5.92 Å². The van der Waals surface area contributed by atoms with Crippen LogP contribution in [0, 0.1) is 0 Å². The third kappa shape index (κ3) is 4.36. The van der Waals surface area contributed by atoms with Gasteiger partial charge in [0, 0.05) is 22.6 Å². The second-order valence-corrected chi connectivity index (χ2v) is 7.91. The summed E-state index contributed by atoms with van der Waals surface area (Å²) in [5.41, 5.74) is 3.41. The van der Waals surface area contributed by atoms with Gasteiger partial charge in [-0.15, -0.1) is 0 Å². The fourth-order valence-corrected chi connectivity index (χ4v) is 3.64. The monoisotopic (exact) mass is 444 g/mol. The van der Waals surface area contributed by atoms with Crippen molar-refractivity contribution in [2.45, 2.75) is 32.7 Å². The molecule has 0 fully saturated rings. The molecule has 0 aliphatic carbocycles. The largest absolute Gasteiger partial charge is 0.508 e. The standard InChI is InChI=1S/C21H21BrN2O4/c1-12(2)16-7-13(3-4-19(16)25)11-24-6-5-15-17(8-14(22)9-18(15)24)23-20(26)10-21(27)28/h3-9,12,25H,10-11H2,1-2H3,(H,23,26)(H,27,28). The van der Waals surface area contributed by atoms with Crippen LogP contribution in [0.4, 0.5) is 5.69 Å². The molecule has 0 aliphatic heterocycles. The summed E-state index contributed by atoms with van der Waals surface area (Å²) in [4.78, 5) is 22.6. The lowest BCUT2D eigenvalue weighted by Gasteiger charge is -2.13. The maximum absolute atomic E-state index is 11.9. The van der Waals surface area contributed by atoms with Gasteiger partial charge in [0.2, 0.25) is 5.91 Å². The Morgan fingerprint density at radius 1 is 1.18 bits per heavy atom. The molecule has 3 rings (SSSR count). The number of carbonyl (C=O) groups is 2. The molecule has 0 atom stereocenters. The number of anilines is 1. The molecule has 0 saturated carbocycles. The highest BCUT2D eigenvalue weighted by atomic mass is 79.9. The van der Waals surface area contributed by atoms with E-state index in [0.29, 0.717) is 18.0 Å². The number of halogens is 1. The highest BCUT2D eigenvalue weighted by Gasteiger charge is 2.14. The molecule has 7 heteroatoms. The number of hydrogen-bond acceptors (Lipinski definition) is 3. The predicted octanol–water partition coefficient (Wildman–Crippen LogP) is 4.69. The van der Waals surface area contributed by atoms with E-state index in [1.54, 1.807) is 12.1 Å². The first-order valence-electron chi connectivity index (χ1n) is 8.86. The number of benzene rings is 2. The Hall–Kier alpha value is -2.80. The highest BCUT2D eigenvalue weighted by molar-refractivity contribution is 9.10. The molecule has 0 spiro atoms. The first-order chi connectivity index (χ1) is 13.2. The Morgan fingerprint density at radius 3 is 2.61 bits per heavy atom. The van der Waals surface area contributed by atoms with Gasteiger partial charge < -0.3 is 20.1 Å². The number of phenols is 1. The molecule has 6 nitrogen and oxygen atoms in total. The molecule has 0 bridgehead atoms. The van der Waals surface area contributed by atoms with Crippen LogP contribution in [0.1, 0.15) is 37.3 Å². The molecule has 1 heterocycles. The maximum atomic E-state index is 11.9. The zero-order chi connectivity index (χ0) is 20.4. The number of nitrogens with zero attached hydrogens (tertiary/aromatic N) is 1. The zero-order valence-electron chi connectivity index (χ0n) is 15.6. The van der Waals surface area contributed by atoms with E-state index in [1.807, 2.05) is 48.9 Å². The zero-order valence-corrected chi connectivity index (χ0v) is 17.2. The molecule has 0 radical (unpaired) electrons. The number of fused-ring (bicyclic) bond motifs is 1. The summed E-state index contributed by atoms with van der Waals surface area (Å²) in [6.45, 7) is 4.67. The van der Waals surface area contributed by atoms with Crippen molar-refractivity contribution in [1.29, 1.82) is 0 Å². The molecule has 3 N–H and O–H groups in total. The van der Waals surface area contributed by atoms with Crippen molar-refractivity contribution in [1.82, 2.24) is 4.57 Å². The van der Waals surface area contributed by atoms with Crippen molar-refractivity contribution < 1.29 is 19.8 Å². The minimum absolute atomic E-state index is 0.214. The van der Waals surface area contributed by atoms with Crippen molar-refractivity contribution >= 4 is 44.4 Å². The van der Waals surface area contributed by atoms with Gasteiger partial charge in [0.05, 0.1) is 11.2 Å². The number of phenolic OH excluding ortho intramolecular Hbond substituents is 1. The Balaban J connectivity index is 1.95. The fourth-order valence-electron chi connectivity index (χ4n) is 3.20. The van der Waals surface area contributed by atoms with Gasteiger partial charge in [0.1, 0.15) is 12.2 Å². The number of aromatic hydroxyl groups is 1. The fraction of sp³-hybridized carbons (Fsp3) is 0.238. The topological polar surface area (TPSA) is 91.6 Å². The average molecular weight is 445 g/mol. The smallest absolute Gasteiger partial charge is 0.312 e. The molecular formula is C21H21BrN2O4. The van der Waals surface area contributed by atoms with Gasteiger partial charge in [-0.25, -0.2) is 0 Å². The van der Waals surface area contributed by atoms with E-state index in [2.05, 4.69) is 21.2 Å². The Bertz CT molecular complexity index is 1060. The molecule has 3 aromatic rings. The van der Waals surface area contributed by atoms with Crippen molar-refractivity contribution in [2.75, 3.05) is 5.32 Å². The molecule has 146 valence electrons. The normalized spacial score (nSPS) is 11.1. The Labute approximate surface area is 170 Å². The predicted molar refractivity (Wildman–Crippen MR) is 112 cm³/mol. The summed E-state index contributed by atoms with van der Waals surface area (Å²) >= 11 is 3.45. The summed E-state index contributed by atoms with van der Waals surface area (Å²) in [5.74, 6) is -1.23.